The lowest BCUT2D eigenvalue weighted by molar-refractivity contribution is -0.144. The Morgan fingerprint density at radius 1 is 1.55 bits per heavy atom. The van der Waals surface area contributed by atoms with Gasteiger partial charge in [-0.05, 0) is 6.42 Å². The van der Waals surface area contributed by atoms with Crippen LogP contribution in [-0.4, -0.2) is 14.7 Å². The van der Waals surface area contributed by atoms with Crippen molar-refractivity contribution in [2.24, 2.45) is 11.3 Å². The third-order valence-corrected chi connectivity index (χ3v) is 4.51. The molecule has 0 bridgehead atoms. The number of carbonyl (C=O) groups is 1. The van der Waals surface area contributed by atoms with E-state index in [2.05, 4.69) is 47.8 Å². The maximum atomic E-state index is 11.3. The van der Waals surface area contributed by atoms with E-state index in [9.17, 15) is 4.79 Å². The molecule has 2 nitrogen and oxygen atoms in total. The predicted molar refractivity (Wildman–Crippen MR) is 51.0 cm³/mol. The van der Waals surface area contributed by atoms with E-state index >= 15 is 0 Å². The lowest BCUT2D eigenvalue weighted by Gasteiger charge is -2.19. The van der Waals surface area contributed by atoms with E-state index in [1.54, 1.807) is 0 Å². The summed E-state index contributed by atoms with van der Waals surface area (Å²) in [6.45, 7) is 0.573. The van der Waals surface area contributed by atoms with Crippen molar-refractivity contribution in [2.75, 3.05) is 6.61 Å². The van der Waals surface area contributed by atoms with Crippen molar-refractivity contribution in [3.05, 3.63) is 0 Å². The maximum Gasteiger partial charge on any atom is 0.315 e. The van der Waals surface area contributed by atoms with Crippen molar-refractivity contribution in [3.63, 3.8) is 0 Å². The molecule has 0 radical (unpaired) electrons. The van der Waals surface area contributed by atoms with E-state index in [1.165, 1.54) is 0 Å². The standard InChI is InChI=1S/C6H5Br3O2/c7-6(8,9)5-1-3(5)2-11-4(5)10/h3H,1-2H2. The monoisotopic (exact) mass is 346 g/mol. The summed E-state index contributed by atoms with van der Waals surface area (Å²) >= 11 is 10.1. The number of ether oxygens (including phenoxy) is 1. The summed E-state index contributed by atoms with van der Waals surface area (Å²) in [5.41, 5.74) is -0.354. The first-order valence-corrected chi connectivity index (χ1v) is 5.60. The number of esters is 1. The topological polar surface area (TPSA) is 26.3 Å². The Kier molecular flexibility index (Phi) is 1.73. The molecular weight excluding hydrogens is 344 g/mol. The van der Waals surface area contributed by atoms with Crippen LogP contribution in [0.3, 0.4) is 0 Å². The SMILES string of the molecule is O=C1OCC2CC12C(Br)(Br)Br. The summed E-state index contributed by atoms with van der Waals surface area (Å²) < 4.78 is 4.44. The molecule has 11 heavy (non-hydrogen) atoms. The zero-order valence-electron chi connectivity index (χ0n) is 5.44. The average Bonchev–Trinajstić information content (AvgIpc) is 2.50. The van der Waals surface area contributed by atoms with Gasteiger partial charge in [-0.2, -0.15) is 0 Å². The van der Waals surface area contributed by atoms with Gasteiger partial charge >= 0.3 is 5.97 Å². The summed E-state index contributed by atoms with van der Waals surface area (Å²) in [7, 11) is 0. The molecule has 0 aromatic rings. The van der Waals surface area contributed by atoms with Crippen molar-refractivity contribution in [2.45, 2.75) is 8.56 Å². The van der Waals surface area contributed by atoms with Crippen LogP contribution in [0.4, 0.5) is 0 Å². The molecule has 1 saturated heterocycles. The normalized spacial score (nSPS) is 41.7. The van der Waals surface area contributed by atoms with Gasteiger partial charge in [-0.15, -0.1) is 0 Å². The predicted octanol–water partition coefficient (Wildman–Crippen LogP) is 2.39. The highest BCUT2D eigenvalue weighted by atomic mass is 80.0. The van der Waals surface area contributed by atoms with Crippen LogP contribution in [0.2, 0.25) is 0 Å². The van der Waals surface area contributed by atoms with Crippen LogP contribution in [-0.2, 0) is 9.53 Å². The van der Waals surface area contributed by atoms with E-state index in [0.717, 1.165) is 6.42 Å². The van der Waals surface area contributed by atoms with Gasteiger partial charge in [0.05, 0.1) is 6.61 Å². The van der Waals surface area contributed by atoms with Crippen molar-refractivity contribution in [3.8, 4) is 0 Å². The van der Waals surface area contributed by atoms with Gasteiger partial charge in [0.1, 0.15) is 5.41 Å². The Morgan fingerprint density at radius 2 is 2.18 bits per heavy atom. The maximum absolute atomic E-state index is 11.3. The smallest absolute Gasteiger partial charge is 0.315 e. The quantitative estimate of drug-likeness (QED) is 0.496. The minimum atomic E-state index is -0.474. The molecule has 0 aromatic heterocycles. The van der Waals surface area contributed by atoms with Crippen LogP contribution in [0.5, 0.6) is 0 Å². The number of hydrogen-bond donors (Lipinski definition) is 0. The summed E-state index contributed by atoms with van der Waals surface area (Å²) in [5.74, 6) is 0.279. The van der Waals surface area contributed by atoms with E-state index in [-0.39, 0.29) is 11.4 Å². The van der Waals surface area contributed by atoms with Gasteiger partial charge in [0, 0.05) is 5.92 Å². The van der Waals surface area contributed by atoms with Gasteiger partial charge in [0.15, 0.2) is 2.14 Å². The van der Waals surface area contributed by atoms with Gasteiger partial charge in [0.2, 0.25) is 0 Å². The number of fused-ring (bicyclic) bond motifs is 1. The first-order chi connectivity index (χ1) is 4.98. The lowest BCUT2D eigenvalue weighted by atomic mass is 10.1. The Hall–Kier alpha value is 0.910. The fourth-order valence-corrected chi connectivity index (χ4v) is 3.49. The molecule has 1 saturated carbocycles. The van der Waals surface area contributed by atoms with Crippen LogP contribution in [0, 0.1) is 11.3 Å². The summed E-state index contributed by atoms with van der Waals surface area (Å²) in [6, 6.07) is 0. The molecule has 2 unspecified atom stereocenters. The van der Waals surface area contributed by atoms with Crippen LogP contribution in [0.25, 0.3) is 0 Å². The van der Waals surface area contributed by atoms with E-state index in [0.29, 0.717) is 12.5 Å². The Bertz CT molecular complexity index is 222. The van der Waals surface area contributed by atoms with Gasteiger partial charge in [0.25, 0.3) is 0 Å². The van der Waals surface area contributed by atoms with Gasteiger partial charge in [-0.3, -0.25) is 4.79 Å². The molecule has 2 rings (SSSR count). The van der Waals surface area contributed by atoms with E-state index < -0.39 is 2.14 Å². The van der Waals surface area contributed by atoms with E-state index in [1.807, 2.05) is 0 Å². The second-order valence-electron chi connectivity index (χ2n) is 2.97. The third kappa shape index (κ3) is 0.968. The molecule has 2 fully saturated rings. The summed E-state index contributed by atoms with van der Waals surface area (Å²) in [5, 5.41) is 0. The van der Waals surface area contributed by atoms with Gasteiger partial charge < -0.3 is 4.74 Å². The molecule has 62 valence electrons. The minimum Gasteiger partial charge on any atom is -0.465 e. The highest BCUT2D eigenvalue weighted by molar-refractivity contribution is 9.39. The molecule has 1 aliphatic carbocycles. The van der Waals surface area contributed by atoms with Crippen molar-refractivity contribution in [1.82, 2.24) is 0 Å². The molecule has 1 heterocycles. The van der Waals surface area contributed by atoms with Crippen molar-refractivity contribution < 1.29 is 9.53 Å². The Balaban J connectivity index is 2.32. The van der Waals surface area contributed by atoms with Gasteiger partial charge in [-0.25, -0.2) is 0 Å². The van der Waals surface area contributed by atoms with Gasteiger partial charge in [-0.1, -0.05) is 47.8 Å². The highest BCUT2D eigenvalue weighted by Gasteiger charge is 2.74. The Labute approximate surface area is 89.4 Å². The van der Waals surface area contributed by atoms with Crippen LogP contribution in [0.1, 0.15) is 6.42 Å². The van der Waals surface area contributed by atoms with Crippen LogP contribution < -0.4 is 0 Å². The van der Waals surface area contributed by atoms with Crippen LogP contribution in [0.15, 0.2) is 0 Å². The first kappa shape index (κ1) is 8.51. The average molecular weight is 349 g/mol. The fraction of sp³-hybridized carbons (Fsp3) is 0.833. The molecule has 0 amide bonds. The summed E-state index contributed by atoms with van der Waals surface area (Å²) in [4.78, 5) is 11.3. The largest absolute Gasteiger partial charge is 0.465 e. The van der Waals surface area contributed by atoms with Crippen LogP contribution >= 0.6 is 47.8 Å². The number of hydrogen-bond acceptors (Lipinski definition) is 2. The second-order valence-corrected chi connectivity index (χ2v) is 9.73. The molecule has 0 aromatic carbocycles. The first-order valence-electron chi connectivity index (χ1n) is 3.22. The molecule has 2 atom stereocenters. The third-order valence-electron chi connectivity index (χ3n) is 2.39. The number of alkyl halides is 3. The second kappa shape index (κ2) is 2.23. The molecule has 0 spiro atoms. The zero-order valence-corrected chi connectivity index (χ0v) is 10.2. The van der Waals surface area contributed by atoms with Crippen molar-refractivity contribution >= 4 is 53.8 Å². The number of carbonyl (C=O) groups excluding carboxylic acids is 1. The van der Waals surface area contributed by atoms with E-state index in [4.69, 9.17) is 4.74 Å². The molecule has 5 heteroatoms. The summed E-state index contributed by atoms with van der Waals surface area (Å²) in [6.07, 6.45) is 0.910. The highest BCUT2D eigenvalue weighted by Crippen LogP contribution is 2.70. The molecule has 1 aliphatic heterocycles. The number of cyclic esters (lactones) is 1. The minimum absolute atomic E-state index is 0.104. The Morgan fingerprint density at radius 3 is 2.36 bits per heavy atom. The molecule has 0 N–H and O–H groups in total. The zero-order chi connectivity index (χ0) is 8.28. The van der Waals surface area contributed by atoms with Crippen molar-refractivity contribution in [1.29, 1.82) is 0 Å². The molecule has 2 aliphatic rings. The fourth-order valence-electron chi connectivity index (χ4n) is 1.55. The molecular formula is C6H5Br3O2. The number of halogens is 3. The number of rotatable bonds is 0. The lowest BCUT2D eigenvalue weighted by Crippen LogP contribution is -2.27.